The Kier molecular flexibility index (Phi) is 8.96. The second-order valence-electron chi connectivity index (χ2n) is 20.6. The van der Waals surface area contributed by atoms with Crippen molar-refractivity contribution in [3.05, 3.63) is 270 Å². The molecule has 0 bridgehead atoms. The van der Waals surface area contributed by atoms with Crippen molar-refractivity contribution in [2.45, 2.75) is 44.6 Å². The van der Waals surface area contributed by atoms with Crippen LogP contribution in [0.2, 0.25) is 0 Å². The molecule has 342 valence electrons. The fourth-order valence-corrected chi connectivity index (χ4v) is 13.3. The largest absolute Gasteiger partial charge is 0.333 e. The molecule has 0 saturated carbocycles. The molecule has 4 unspecified atom stereocenters. The zero-order valence-electron chi connectivity index (χ0n) is 40.6. The molecule has 1 aliphatic heterocycles. The Hall–Kier alpha value is -8.66. The van der Waals surface area contributed by atoms with Crippen molar-refractivity contribution >= 4 is 60.6 Å². The number of benzene rings is 9. The summed E-state index contributed by atoms with van der Waals surface area (Å²) in [6, 6.07) is 71.1. The predicted octanol–water partition coefficient (Wildman–Crippen LogP) is 17.7. The maximum atomic E-state index is 2.58. The molecule has 0 amide bonds. The summed E-state index contributed by atoms with van der Waals surface area (Å²) < 4.78 is 4.92. The van der Waals surface area contributed by atoms with Crippen LogP contribution in [0.1, 0.15) is 56.7 Å². The van der Waals surface area contributed by atoms with Crippen LogP contribution in [0.5, 0.6) is 0 Å². The van der Waals surface area contributed by atoms with Gasteiger partial charge in [0.2, 0.25) is 0 Å². The van der Waals surface area contributed by atoms with Crippen molar-refractivity contribution in [3.63, 3.8) is 0 Å². The number of hydrogen-bond acceptors (Lipinski definition) is 1. The number of hydrogen-bond donors (Lipinski definition) is 0. The summed E-state index contributed by atoms with van der Waals surface area (Å²) in [5.41, 5.74) is 25.6. The summed E-state index contributed by atoms with van der Waals surface area (Å²) in [6.45, 7) is 6.72. The Labute approximate surface area is 420 Å². The molecule has 0 fully saturated rings. The first kappa shape index (κ1) is 41.2. The van der Waals surface area contributed by atoms with Gasteiger partial charge in [0.15, 0.2) is 0 Å². The molecule has 3 heterocycles. The molecule has 0 radical (unpaired) electrons. The van der Waals surface area contributed by atoms with Crippen LogP contribution in [-0.4, -0.2) is 15.2 Å². The highest BCUT2D eigenvalue weighted by Gasteiger charge is 2.40. The van der Waals surface area contributed by atoms with Gasteiger partial charge in [-0.05, 0) is 161 Å². The van der Waals surface area contributed by atoms with E-state index in [4.69, 9.17) is 0 Å². The van der Waals surface area contributed by atoms with Crippen molar-refractivity contribution in [2.24, 2.45) is 0 Å². The van der Waals surface area contributed by atoms with Crippen LogP contribution < -0.4 is 4.90 Å². The van der Waals surface area contributed by atoms with Crippen molar-refractivity contribution in [1.29, 1.82) is 0 Å². The zero-order valence-corrected chi connectivity index (χ0v) is 40.6. The van der Waals surface area contributed by atoms with E-state index in [0.717, 1.165) is 0 Å². The summed E-state index contributed by atoms with van der Waals surface area (Å²) in [7, 11) is 0. The number of allylic oxidation sites excluding steroid dienone is 6. The third-order valence-electron chi connectivity index (χ3n) is 16.5. The quantitative estimate of drug-likeness (QED) is 0.168. The molecule has 3 heteroatoms. The highest BCUT2D eigenvalue weighted by atomic mass is 15.2. The highest BCUT2D eigenvalue weighted by Crippen LogP contribution is 2.53. The van der Waals surface area contributed by atoms with Gasteiger partial charge in [-0.15, -0.1) is 0 Å². The predicted molar refractivity (Wildman–Crippen MR) is 303 cm³/mol. The minimum absolute atomic E-state index is 0.198. The third-order valence-corrected chi connectivity index (χ3v) is 16.5. The number of para-hydroxylation sites is 2. The van der Waals surface area contributed by atoms with Crippen molar-refractivity contribution < 1.29 is 0 Å². The van der Waals surface area contributed by atoms with Crippen molar-refractivity contribution in [2.75, 3.05) is 4.90 Å². The van der Waals surface area contributed by atoms with Crippen LogP contribution >= 0.6 is 0 Å². The number of anilines is 2. The number of fused-ring (bicyclic) bond motifs is 15. The van der Waals surface area contributed by atoms with E-state index in [1.807, 2.05) is 0 Å². The van der Waals surface area contributed by atoms with E-state index in [-0.39, 0.29) is 17.9 Å². The van der Waals surface area contributed by atoms with Gasteiger partial charge >= 0.3 is 0 Å². The summed E-state index contributed by atoms with van der Waals surface area (Å²) in [6.07, 6.45) is 16.6. The lowest BCUT2D eigenvalue weighted by molar-refractivity contribution is 0.719. The van der Waals surface area contributed by atoms with Gasteiger partial charge in [0.05, 0.1) is 28.1 Å². The molecule has 4 atom stereocenters. The van der Waals surface area contributed by atoms with Crippen LogP contribution in [-0.2, 0) is 0 Å². The van der Waals surface area contributed by atoms with Crippen LogP contribution in [0, 0.1) is 20.8 Å². The second kappa shape index (κ2) is 15.7. The molecule has 0 N–H and O–H groups in total. The van der Waals surface area contributed by atoms with Gasteiger partial charge in [0.1, 0.15) is 0 Å². The molecule has 0 spiro atoms. The number of aryl methyl sites for hydroxylation is 3. The normalized spacial score (nSPS) is 18.4. The van der Waals surface area contributed by atoms with Gasteiger partial charge in [-0.1, -0.05) is 157 Å². The van der Waals surface area contributed by atoms with E-state index in [1.54, 1.807) is 0 Å². The summed E-state index contributed by atoms with van der Waals surface area (Å²) in [5.74, 6) is 0.815. The molecule has 3 aliphatic carbocycles. The van der Waals surface area contributed by atoms with Gasteiger partial charge in [0, 0.05) is 62.0 Å². The number of nitrogens with zero attached hydrogens (tertiary/aromatic N) is 3. The zero-order chi connectivity index (χ0) is 47.8. The SMILES string of the molecule is Cc1ccc(N2c3cccc(C)c3C3C=C(c4ccc5c(c4)c4cc(-c6ccc7c(c6)c6ccccc6n7-c6ccccc6)ccc4n5-c4ccc5c(c4)C4C=CC=CC4c4ccccc4-5)C=CC32)c(C)c1. The van der Waals surface area contributed by atoms with E-state index in [0.29, 0.717) is 5.92 Å². The van der Waals surface area contributed by atoms with Crippen molar-refractivity contribution in [3.8, 4) is 33.6 Å². The number of rotatable bonds is 5. The Morgan fingerprint density at radius 1 is 0.389 bits per heavy atom. The summed E-state index contributed by atoms with van der Waals surface area (Å²) in [5, 5.41) is 5.02. The molecular formula is C69H51N3. The number of aromatic nitrogens is 2. The third kappa shape index (κ3) is 6.04. The van der Waals surface area contributed by atoms with E-state index < -0.39 is 0 Å². The van der Waals surface area contributed by atoms with Gasteiger partial charge in [-0.25, -0.2) is 0 Å². The van der Waals surface area contributed by atoms with Crippen LogP contribution in [0.3, 0.4) is 0 Å². The summed E-state index contributed by atoms with van der Waals surface area (Å²) >= 11 is 0. The molecule has 15 rings (SSSR count). The van der Waals surface area contributed by atoms with Crippen LogP contribution in [0.25, 0.3) is 82.8 Å². The molecule has 9 aromatic carbocycles. The Bertz CT molecular complexity index is 4230. The summed E-state index contributed by atoms with van der Waals surface area (Å²) in [4.78, 5) is 2.58. The lowest BCUT2D eigenvalue weighted by Crippen LogP contribution is -2.29. The Morgan fingerprint density at radius 2 is 1.03 bits per heavy atom. The molecule has 2 aromatic heterocycles. The van der Waals surface area contributed by atoms with Crippen LogP contribution in [0.4, 0.5) is 11.4 Å². The Morgan fingerprint density at radius 3 is 1.81 bits per heavy atom. The van der Waals surface area contributed by atoms with E-state index >= 15 is 0 Å². The first-order valence-corrected chi connectivity index (χ1v) is 25.6. The monoisotopic (exact) mass is 921 g/mol. The first-order chi connectivity index (χ1) is 35.4. The van der Waals surface area contributed by atoms with E-state index in [2.05, 4.69) is 265 Å². The minimum atomic E-state index is 0.198. The Balaban J connectivity index is 0.910. The lowest BCUT2D eigenvalue weighted by atomic mass is 9.70. The average molecular weight is 922 g/mol. The molecule has 3 nitrogen and oxygen atoms in total. The molecule has 11 aromatic rings. The van der Waals surface area contributed by atoms with Gasteiger partial charge < -0.3 is 14.0 Å². The smallest absolute Gasteiger partial charge is 0.0630 e. The van der Waals surface area contributed by atoms with Crippen molar-refractivity contribution in [1.82, 2.24) is 9.13 Å². The van der Waals surface area contributed by atoms with E-state index in [1.165, 1.54) is 133 Å². The maximum Gasteiger partial charge on any atom is 0.0630 e. The molecular weight excluding hydrogens is 871 g/mol. The first-order valence-electron chi connectivity index (χ1n) is 25.6. The average Bonchev–Trinajstić information content (AvgIpc) is 4.06. The van der Waals surface area contributed by atoms with Gasteiger partial charge in [0.25, 0.3) is 0 Å². The lowest BCUT2D eigenvalue weighted by Gasteiger charge is -2.34. The molecule has 72 heavy (non-hydrogen) atoms. The maximum absolute atomic E-state index is 2.58. The standard InChI is InChI=1S/C69H51N3/c1-42-24-31-62(44(3)36-42)72-67-35-28-48(40-61(67)69-43(2)14-13-23-68(69)72)47-27-34-66-60(39-47)59-38-46(45-25-32-64-58(37-45)56-21-11-12-22-63(56)70(64)49-15-5-4-6-16-49)26-33-65(59)71(66)50-29-30-55-53-19-8-7-17-51(53)52-18-9-10-20-54(52)57(55)41-50/h4-41,52,54,61,67H,1-3H3. The van der Waals surface area contributed by atoms with E-state index in [9.17, 15) is 0 Å². The fraction of sp³-hybridized carbons (Fsp3) is 0.101. The van der Waals surface area contributed by atoms with Gasteiger partial charge in [-0.3, -0.25) is 0 Å². The molecule has 4 aliphatic rings. The highest BCUT2D eigenvalue weighted by molar-refractivity contribution is 6.13. The van der Waals surface area contributed by atoms with Gasteiger partial charge in [-0.2, -0.15) is 0 Å². The molecule has 0 saturated heterocycles. The topological polar surface area (TPSA) is 13.1 Å². The van der Waals surface area contributed by atoms with Crippen LogP contribution in [0.15, 0.2) is 231 Å². The minimum Gasteiger partial charge on any atom is -0.333 e. The second-order valence-corrected chi connectivity index (χ2v) is 20.6. The fourth-order valence-electron chi connectivity index (χ4n) is 13.3.